The molecule has 3 amide bonds. The molecule has 1 aromatic carbocycles. The van der Waals surface area contributed by atoms with Crippen molar-refractivity contribution in [2.24, 2.45) is 0 Å². The van der Waals surface area contributed by atoms with Crippen molar-refractivity contribution in [1.29, 1.82) is 0 Å². The third kappa shape index (κ3) is 5.28. The van der Waals surface area contributed by atoms with Gasteiger partial charge in [-0.05, 0) is 57.8 Å². The molecule has 3 N–H and O–H groups in total. The topological polar surface area (TPSA) is 109 Å². The average Bonchev–Trinajstić information content (AvgIpc) is 3.20. The molecule has 0 spiro atoms. The number of aromatic nitrogens is 3. The summed E-state index contributed by atoms with van der Waals surface area (Å²) in [7, 11) is 3.87. The molecule has 4 rings (SSSR count). The van der Waals surface area contributed by atoms with E-state index >= 15 is 0 Å². The van der Waals surface area contributed by atoms with E-state index in [1.54, 1.807) is 30.6 Å². The number of anilines is 3. The highest BCUT2D eigenvalue weighted by Gasteiger charge is 2.29. The highest BCUT2D eigenvalue weighted by Crippen LogP contribution is 2.27. The van der Waals surface area contributed by atoms with E-state index in [-0.39, 0.29) is 18.0 Å². The van der Waals surface area contributed by atoms with Crippen LogP contribution in [0.4, 0.5) is 22.0 Å². The predicted molar refractivity (Wildman–Crippen MR) is 134 cm³/mol. The zero-order valence-corrected chi connectivity index (χ0v) is 20.1. The van der Waals surface area contributed by atoms with Crippen LogP contribution in [-0.4, -0.2) is 83.0 Å². The zero-order valence-electron chi connectivity index (χ0n) is 20.1. The summed E-state index contributed by atoms with van der Waals surface area (Å²) in [6.07, 6.45) is 3.95. The van der Waals surface area contributed by atoms with Crippen LogP contribution in [0, 0.1) is 6.92 Å². The minimum atomic E-state index is -0.138. The molecule has 180 valence electrons. The highest BCUT2D eigenvalue weighted by molar-refractivity contribution is 5.93. The summed E-state index contributed by atoms with van der Waals surface area (Å²) in [6, 6.07) is 7.06. The Morgan fingerprint density at radius 3 is 2.50 bits per heavy atom. The Kier molecular flexibility index (Phi) is 6.97. The number of rotatable bonds is 6. The Morgan fingerprint density at radius 2 is 1.82 bits per heavy atom. The molecule has 1 saturated heterocycles. The third-order valence-electron chi connectivity index (χ3n) is 6.04. The van der Waals surface area contributed by atoms with Crippen LogP contribution < -0.4 is 15.5 Å². The van der Waals surface area contributed by atoms with Crippen molar-refractivity contribution >= 4 is 40.2 Å². The van der Waals surface area contributed by atoms with Crippen LogP contribution in [0.25, 0.3) is 11.0 Å². The van der Waals surface area contributed by atoms with Crippen LogP contribution in [0.3, 0.4) is 0 Å². The Bertz CT molecular complexity index is 1160. The van der Waals surface area contributed by atoms with Gasteiger partial charge in [0.05, 0.1) is 5.39 Å². The van der Waals surface area contributed by atoms with Crippen molar-refractivity contribution in [3.8, 4) is 0 Å². The predicted octanol–water partition coefficient (Wildman–Crippen LogP) is 2.90. The largest absolute Gasteiger partial charge is 0.352 e. The first-order valence-electron chi connectivity index (χ1n) is 11.5. The number of hydrogen-bond acceptors (Lipinski definition) is 6. The number of nitrogens with zero attached hydrogens (tertiary/aromatic N) is 5. The molecule has 0 unspecified atom stereocenters. The molecule has 2 aromatic heterocycles. The molecule has 34 heavy (non-hydrogen) atoms. The number of amides is 3. The second-order valence-corrected chi connectivity index (χ2v) is 8.99. The van der Waals surface area contributed by atoms with E-state index in [4.69, 9.17) is 0 Å². The van der Waals surface area contributed by atoms with Gasteiger partial charge in [0.15, 0.2) is 0 Å². The lowest BCUT2D eigenvalue weighted by Gasteiger charge is -2.40. The smallest absolute Gasteiger partial charge is 0.322 e. The fraction of sp³-hybridized carbons (Fsp3) is 0.417. The number of carbonyl (C=O) groups excluding carboxylic acids is 2. The standard InChI is InChI=1S/C24H32N8O2/c1-16-13-25-22-21(16)23(27-15-26-22)31-11-12-32(17(2)14-31)24(34)29-19-7-5-18(6-8-19)28-20(33)9-10-30(3)4/h5-8,13,15,17H,9-12,14H2,1-4H3,(H,28,33)(H,29,34)(H,25,26,27)/t17-/m0/s1. The lowest BCUT2D eigenvalue weighted by atomic mass is 10.1. The van der Waals surface area contributed by atoms with Gasteiger partial charge in [0.25, 0.3) is 0 Å². The Hall–Kier alpha value is -3.66. The molecule has 3 aromatic rings. The Morgan fingerprint density at radius 1 is 1.12 bits per heavy atom. The van der Waals surface area contributed by atoms with Gasteiger partial charge >= 0.3 is 6.03 Å². The van der Waals surface area contributed by atoms with Crippen LogP contribution in [0.1, 0.15) is 18.9 Å². The maximum Gasteiger partial charge on any atom is 0.322 e. The van der Waals surface area contributed by atoms with Gasteiger partial charge in [-0.1, -0.05) is 0 Å². The number of nitrogens with one attached hydrogen (secondary N) is 3. The maximum atomic E-state index is 12.9. The van der Waals surface area contributed by atoms with Gasteiger partial charge < -0.3 is 30.3 Å². The molecule has 0 saturated carbocycles. The molecule has 1 fully saturated rings. The van der Waals surface area contributed by atoms with E-state index in [1.165, 1.54) is 0 Å². The van der Waals surface area contributed by atoms with Crippen molar-refractivity contribution in [3.63, 3.8) is 0 Å². The minimum absolute atomic E-state index is 0.00766. The summed E-state index contributed by atoms with van der Waals surface area (Å²) in [5.74, 6) is 0.867. The number of benzene rings is 1. The SMILES string of the molecule is Cc1c[nH]c2ncnc(N3CCN(C(=O)Nc4ccc(NC(=O)CCN(C)C)cc4)[C@@H](C)C3)c12. The second-order valence-electron chi connectivity index (χ2n) is 8.99. The van der Waals surface area contributed by atoms with Crippen molar-refractivity contribution < 1.29 is 9.59 Å². The molecule has 0 bridgehead atoms. The fourth-order valence-electron chi connectivity index (χ4n) is 4.17. The molecular weight excluding hydrogens is 432 g/mol. The number of fused-ring (bicyclic) bond motifs is 1. The molecule has 1 aliphatic heterocycles. The normalized spacial score (nSPS) is 16.2. The number of urea groups is 1. The van der Waals surface area contributed by atoms with Gasteiger partial charge in [-0.25, -0.2) is 14.8 Å². The minimum Gasteiger partial charge on any atom is -0.352 e. The maximum absolute atomic E-state index is 12.9. The van der Waals surface area contributed by atoms with Gasteiger partial charge in [0, 0.05) is 56.2 Å². The molecule has 3 heterocycles. The first-order chi connectivity index (χ1) is 16.3. The lowest BCUT2D eigenvalue weighted by molar-refractivity contribution is -0.116. The van der Waals surface area contributed by atoms with Crippen molar-refractivity contribution in [3.05, 3.63) is 42.4 Å². The van der Waals surface area contributed by atoms with Crippen molar-refractivity contribution in [2.75, 3.05) is 55.8 Å². The Balaban J connectivity index is 1.34. The van der Waals surface area contributed by atoms with E-state index in [9.17, 15) is 9.59 Å². The molecular formula is C24H32N8O2. The molecule has 10 nitrogen and oxygen atoms in total. The van der Waals surface area contributed by atoms with E-state index < -0.39 is 0 Å². The number of carbonyl (C=O) groups is 2. The fourth-order valence-corrected chi connectivity index (χ4v) is 4.17. The van der Waals surface area contributed by atoms with Crippen LogP contribution in [0.2, 0.25) is 0 Å². The number of hydrogen-bond donors (Lipinski definition) is 3. The van der Waals surface area contributed by atoms with Crippen LogP contribution in [-0.2, 0) is 4.79 Å². The summed E-state index contributed by atoms with van der Waals surface area (Å²) in [6.45, 7) is 6.73. The quantitative estimate of drug-likeness (QED) is 0.518. The summed E-state index contributed by atoms with van der Waals surface area (Å²) in [5.41, 5.74) is 3.33. The first kappa shape index (κ1) is 23.5. The van der Waals surface area contributed by atoms with E-state index in [2.05, 4.69) is 30.5 Å². The van der Waals surface area contributed by atoms with Crippen LogP contribution >= 0.6 is 0 Å². The van der Waals surface area contributed by atoms with Crippen molar-refractivity contribution in [2.45, 2.75) is 26.3 Å². The number of H-pyrrole nitrogens is 1. The second kappa shape index (κ2) is 10.1. The monoisotopic (exact) mass is 464 g/mol. The molecule has 1 atom stereocenters. The van der Waals surface area contributed by atoms with Crippen LogP contribution in [0.5, 0.6) is 0 Å². The number of aryl methyl sites for hydroxylation is 1. The van der Waals surface area contributed by atoms with E-state index in [1.807, 2.05) is 43.9 Å². The lowest BCUT2D eigenvalue weighted by Crippen LogP contribution is -2.55. The van der Waals surface area contributed by atoms with Crippen molar-refractivity contribution in [1.82, 2.24) is 24.8 Å². The zero-order chi connectivity index (χ0) is 24.2. The van der Waals surface area contributed by atoms with E-state index in [0.717, 1.165) is 22.4 Å². The van der Waals surface area contributed by atoms with Gasteiger partial charge in [0.2, 0.25) is 5.91 Å². The van der Waals surface area contributed by atoms with E-state index in [0.29, 0.717) is 44.0 Å². The van der Waals surface area contributed by atoms with Gasteiger partial charge in [0.1, 0.15) is 17.8 Å². The Labute approximate surface area is 199 Å². The summed E-state index contributed by atoms with van der Waals surface area (Å²) >= 11 is 0. The molecule has 0 aliphatic carbocycles. The highest BCUT2D eigenvalue weighted by atomic mass is 16.2. The summed E-state index contributed by atoms with van der Waals surface area (Å²) < 4.78 is 0. The molecule has 0 radical (unpaired) electrons. The average molecular weight is 465 g/mol. The molecule has 1 aliphatic rings. The summed E-state index contributed by atoms with van der Waals surface area (Å²) in [5, 5.41) is 6.88. The van der Waals surface area contributed by atoms with Gasteiger partial charge in [-0.3, -0.25) is 4.79 Å². The molecule has 10 heteroatoms. The summed E-state index contributed by atoms with van der Waals surface area (Å²) in [4.78, 5) is 43.0. The number of piperazine rings is 1. The van der Waals surface area contributed by atoms with Gasteiger partial charge in [-0.2, -0.15) is 0 Å². The van der Waals surface area contributed by atoms with Crippen LogP contribution in [0.15, 0.2) is 36.8 Å². The third-order valence-corrected chi connectivity index (χ3v) is 6.04. The van der Waals surface area contributed by atoms with Gasteiger partial charge in [-0.15, -0.1) is 0 Å². The number of aromatic amines is 1. The first-order valence-corrected chi connectivity index (χ1v) is 11.5.